The van der Waals surface area contributed by atoms with Crippen molar-refractivity contribution in [2.75, 3.05) is 13.1 Å². The van der Waals surface area contributed by atoms with Gasteiger partial charge in [-0.15, -0.1) is 0 Å². The fraction of sp³-hybridized carbons (Fsp3) is 0.381. The minimum Gasteiger partial charge on any atom is -0.341 e. The van der Waals surface area contributed by atoms with Crippen LogP contribution in [0.15, 0.2) is 42.7 Å². The van der Waals surface area contributed by atoms with Crippen molar-refractivity contribution in [2.45, 2.75) is 38.1 Å². The Labute approximate surface area is 164 Å². The topological polar surface area (TPSA) is 92.3 Å². The van der Waals surface area contributed by atoms with Gasteiger partial charge in [-0.1, -0.05) is 12.1 Å². The molecule has 2 heterocycles. The highest BCUT2D eigenvalue weighted by Crippen LogP contribution is 2.16. The number of hydrogen-bond acceptors (Lipinski definition) is 5. The zero-order chi connectivity index (χ0) is 19.8. The molecular formula is C21H24N4O3. The number of rotatable bonds is 7. The Morgan fingerprint density at radius 2 is 1.75 bits per heavy atom. The summed E-state index contributed by atoms with van der Waals surface area (Å²) in [5.74, 6) is 0.143. The van der Waals surface area contributed by atoms with E-state index >= 15 is 0 Å². The van der Waals surface area contributed by atoms with E-state index in [1.807, 2.05) is 0 Å². The van der Waals surface area contributed by atoms with Gasteiger partial charge in [-0.2, -0.15) is 0 Å². The Morgan fingerprint density at radius 3 is 2.39 bits per heavy atom. The summed E-state index contributed by atoms with van der Waals surface area (Å²) in [6.45, 7) is 1.41. The summed E-state index contributed by atoms with van der Waals surface area (Å²) < 4.78 is 0. The number of hydrogen-bond donors (Lipinski definition) is 1. The molecule has 1 fully saturated rings. The minimum atomic E-state index is -0.687. The zero-order valence-electron chi connectivity index (χ0n) is 15.7. The first-order valence-corrected chi connectivity index (χ1v) is 9.60. The van der Waals surface area contributed by atoms with Gasteiger partial charge in [0.1, 0.15) is 12.3 Å². The first-order valence-electron chi connectivity index (χ1n) is 9.60. The molecule has 0 spiro atoms. The molecule has 2 aromatic rings. The van der Waals surface area contributed by atoms with Crippen LogP contribution < -0.4 is 5.32 Å². The van der Waals surface area contributed by atoms with E-state index in [4.69, 9.17) is 0 Å². The van der Waals surface area contributed by atoms with E-state index in [1.54, 1.807) is 47.6 Å². The predicted molar refractivity (Wildman–Crippen MR) is 104 cm³/mol. The summed E-state index contributed by atoms with van der Waals surface area (Å²) in [5, 5.41) is 2.80. The van der Waals surface area contributed by atoms with Crippen molar-refractivity contribution in [3.63, 3.8) is 0 Å². The maximum atomic E-state index is 12.8. The average Bonchev–Trinajstić information content (AvgIpc) is 2.77. The summed E-state index contributed by atoms with van der Waals surface area (Å²) in [4.78, 5) is 46.4. The Bertz CT molecular complexity index is 802. The molecule has 0 aliphatic carbocycles. The second kappa shape index (κ2) is 9.73. The molecule has 1 aliphatic rings. The number of nitrogens with one attached hydrogen (secondary N) is 1. The number of piperidine rings is 1. The standard InChI is InChI=1S/C21H24N4O3/c26-15-4-6-18(21(28)25-13-2-1-3-14-25)24-20(27)17-9-7-16(8-10-17)19-22-11-5-12-23-19/h5,7-12,15,18H,1-4,6,13-14H2,(H,24,27)/t18-/m0/s1. The fourth-order valence-corrected chi connectivity index (χ4v) is 3.29. The van der Waals surface area contributed by atoms with Gasteiger partial charge in [-0.25, -0.2) is 9.97 Å². The molecule has 1 saturated heterocycles. The van der Waals surface area contributed by atoms with Gasteiger partial charge in [0.05, 0.1) is 0 Å². The number of carbonyl (C=O) groups excluding carboxylic acids is 3. The van der Waals surface area contributed by atoms with Crippen molar-refractivity contribution in [3.05, 3.63) is 48.3 Å². The van der Waals surface area contributed by atoms with E-state index in [1.165, 1.54) is 0 Å². The molecule has 1 aromatic carbocycles. The molecule has 7 heteroatoms. The van der Waals surface area contributed by atoms with Crippen LogP contribution in [0.2, 0.25) is 0 Å². The van der Waals surface area contributed by atoms with E-state index < -0.39 is 6.04 Å². The fourth-order valence-electron chi connectivity index (χ4n) is 3.29. The van der Waals surface area contributed by atoms with Crippen LogP contribution in [0.4, 0.5) is 0 Å². The normalized spacial score (nSPS) is 14.9. The molecule has 1 aliphatic heterocycles. The Morgan fingerprint density at radius 1 is 1.07 bits per heavy atom. The van der Waals surface area contributed by atoms with Crippen LogP contribution >= 0.6 is 0 Å². The number of aldehydes is 1. The minimum absolute atomic E-state index is 0.107. The van der Waals surface area contributed by atoms with Crippen molar-refractivity contribution < 1.29 is 14.4 Å². The van der Waals surface area contributed by atoms with Crippen molar-refractivity contribution >= 4 is 18.1 Å². The van der Waals surface area contributed by atoms with Gasteiger partial charge < -0.3 is 15.0 Å². The van der Waals surface area contributed by atoms with Gasteiger partial charge in [0.2, 0.25) is 5.91 Å². The number of likely N-dealkylation sites (tertiary alicyclic amines) is 1. The molecule has 1 atom stereocenters. The van der Waals surface area contributed by atoms with E-state index in [0.717, 1.165) is 31.1 Å². The highest BCUT2D eigenvalue weighted by atomic mass is 16.2. The summed E-state index contributed by atoms with van der Waals surface area (Å²) in [6.07, 6.45) is 7.70. The Hall–Kier alpha value is -3.09. The zero-order valence-corrected chi connectivity index (χ0v) is 15.7. The molecule has 1 N–H and O–H groups in total. The van der Waals surface area contributed by atoms with Crippen LogP contribution in [0.25, 0.3) is 11.4 Å². The van der Waals surface area contributed by atoms with Gasteiger partial charge in [-0.3, -0.25) is 9.59 Å². The van der Waals surface area contributed by atoms with Gasteiger partial charge in [0.25, 0.3) is 5.91 Å². The summed E-state index contributed by atoms with van der Waals surface area (Å²) in [7, 11) is 0. The second-order valence-corrected chi connectivity index (χ2v) is 6.81. The lowest BCUT2D eigenvalue weighted by atomic mass is 10.1. The largest absolute Gasteiger partial charge is 0.341 e. The number of carbonyl (C=O) groups is 3. The second-order valence-electron chi connectivity index (χ2n) is 6.81. The van der Waals surface area contributed by atoms with Gasteiger partial charge in [0.15, 0.2) is 5.82 Å². The molecular weight excluding hydrogens is 356 g/mol. The van der Waals surface area contributed by atoms with Crippen LogP contribution in [0.5, 0.6) is 0 Å². The van der Waals surface area contributed by atoms with Crippen molar-refractivity contribution in [3.8, 4) is 11.4 Å². The molecule has 0 unspecified atom stereocenters. The highest BCUT2D eigenvalue weighted by Gasteiger charge is 2.27. The lowest BCUT2D eigenvalue weighted by Crippen LogP contribution is -2.50. The quantitative estimate of drug-likeness (QED) is 0.744. The molecule has 7 nitrogen and oxygen atoms in total. The smallest absolute Gasteiger partial charge is 0.251 e. The third-order valence-electron chi connectivity index (χ3n) is 4.82. The number of amides is 2. The highest BCUT2D eigenvalue weighted by molar-refractivity contribution is 5.97. The molecule has 146 valence electrons. The van der Waals surface area contributed by atoms with E-state index in [2.05, 4.69) is 15.3 Å². The molecule has 1 aromatic heterocycles. The molecule has 3 rings (SSSR count). The third-order valence-corrected chi connectivity index (χ3v) is 4.82. The predicted octanol–water partition coefficient (Wildman–Crippen LogP) is 2.23. The average molecular weight is 380 g/mol. The molecule has 0 bridgehead atoms. The van der Waals surface area contributed by atoms with E-state index in [0.29, 0.717) is 30.9 Å². The maximum Gasteiger partial charge on any atom is 0.251 e. The lowest BCUT2D eigenvalue weighted by Gasteiger charge is -2.30. The molecule has 0 radical (unpaired) electrons. The SMILES string of the molecule is O=CCC[C@H](NC(=O)c1ccc(-c2ncccn2)cc1)C(=O)N1CCCCC1. The number of nitrogens with zero attached hydrogens (tertiary/aromatic N) is 3. The third kappa shape index (κ3) is 5.00. The number of aromatic nitrogens is 2. The molecule has 28 heavy (non-hydrogen) atoms. The lowest BCUT2D eigenvalue weighted by molar-refractivity contribution is -0.134. The molecule has 0 saturated carbocycles. The first-order chi connectivity index (χ1) is 13.7. The molecule has 2 amide bonds. The summed E-state index contributed by atoms with van der Waals surface area (Å²) >= 11 is 0. The van der Waals surface area contributed by atoms with Crippen LogP contribution in [0.3, 0.4) is 0 Å². The first kappa shape index (κ1) is 19.7. The van der Waals surface area contributed by atoms with Gasteiger partial charge >= 0.3 is 0 Å². The Balaban J connectivity index is 1.68. The van der Waals surface area contributed by atoms with Crippen molar-refractivity contribution in [1.82, 2.24) is 20.2 Å². The van der Waals surface area contributed by atoms with Crippen LogP contribution in [0.1, 0.15) is 42.5 Å². The van der Waals surface area contributed by atoms with Crippen LogP contribution in [-0.4, -0.2) is 52.1 Å². The monoisotopic (exact) mass is 380 g/mol. The summed E-state index contributed by atoms with van der Waals surface area (Å²) in [6, 6.07) is 7.97. The van der Waals surface area contributed by atoms with E-state index in [-0.39, 0.29) is 18.2 Å². The van der Waals surface area contributed by atoms with Gasteiger partial charge in [-0.05, 0) is 43.9 Å². The van der Waals surface area contributed by atoms with Crippen molar-refractivity contribution in [1.29, 1.82) is 0 Å². The van der Waals surface area contributed by atoms with Gasteiger partial charge in [0, 0.05) is 43.0 Å². The summed E-state index contributed by atoms with van der Waals surface area (Å²) in [5.41, 5.74) is 1.25. The van der Waals surface area contributed by atoms with E-state index in [9.17, 15) is 14.4 Å². The van der Waals surface area contributed by atoms with Crippen molar-refractivity contribution in [2.24, 2.45) is 0 Å². The maximum absolute atomic E-state index is 12.8. The van der Waals surface area contributed by atoms with Crippen LogP contribution in [-0.2, 0) is 9.59 Å². The number of benzene rings is 1. The Kier molecular flexibility index (Phi) is 6.84. The van der Waals surface area contributed by atoms with Crippen LogP contribution in [0, 0.1) is 0 Å².